The number of thiophene rings is 1. The van der Waals surface area contributed by atoms with Gasteiger partial charge < -0.3 is 14.9 Å². The van der Waals surface area contributed by atoms with E-state index in [1.54, 1.807) is 18.3 Å². The summed E-state index contributed by atoms with van der Waals surface area (Å²) in [5.74, 6) is 0.248. The van der Waals surface area contributed by atoms with Crippen molar-refractivity contribution in [1.82, 2.24) is 9.80 Å². The van der Waals surface area contributed by atoms with Crippen LogP contribution in [0.1, 0.15) is 63.9 Å². The number of aliphatic hydroxyl groups is 1. The van der Waals surface area contributed by atoms with Crippen LogP contribution in [-0.4, -0.2) is 51.5 Å². The van der Waals surface area contributed by atoms with Gasteiger partial charge in [-0.15, -0.1) is 0 Å². The van der Waals surface area contributed by atoms with Crippen LogP contribution in [-0.2, 0) is 16.1 Å². The predicted octanol–water partition coefficient (Wildman–Crippen LogP) is 3.17. The Morgan fingerprint density at radius 2 is 1.96 bits per heavy atom. The molecule has 5 nitrogen and oxygen atoms in total. The third-order valence-electron chi connectivity index (χ3n) is 6.99. The molecule has 4 rings (SSSR count). The maximum Gasteiger partial charge on any atom is 0.225 e. The Balaban J connectivity index is 1.32. The fraction of sp³-hybridized carbons (Fsp3) is 0.714. The lowest BCUT2D eigenvalue weighted by Crippen LogP contribution is -2.44. The van der Waals surface area contributed by atoms with Gasteiger partial charge >= 0.3 is 0 Å². The minimum Gasteiger partial charge on any atom is -0.389 e. The van der Waals surface area contributed by atoms with Gasteiger partial charge in [-0.25, -0.2) is 0 Å². The molecule has 2 aliphatic carbocycles. The van der Waals surface area contributed by atoms with E-state index in [9.17, 15) is 14.7 Å². The third-order valence-corrected chi connectivity index (χ3v) is 7.72. The first-order valence-electron chi connectivity index (χ1n) is 10.2. The van der Waals surface area contributed by atoms with Crippen LogP contribution in [0.5, 0.6) is 0 Å². The Morgan fingerprint density at radius 1 is 1.26 bits per heavy atom. The summed E-state index contributed by atoms with van der Waals surface area (Å²) in [4.78, 5) is 28.8. The zero-order chi connectivity index (χ0) is 19.1. The molecule has 1 aliphatic heterocycles. The van der Waals surface area contributed by atoms with Crippen molar-refractivity contribution in [3.63, 3.8) is 0 Å². The first-order chi connectivity index (χ1) is 12.9. The molecule has 1 unspecified atom stereocenters. The average Bonchev–Trinajstić information content (AvgIpc) is 3.00. The number of piperidine rings is 1. The van der Waals surface area contributed by atoms with Gasteiger partial charge in [-0.1, -0.05) is 12.8 Å². The van der Waals surface area contributed by atoms with Crippen molar-refractivity contribution < 1.29 is 14.7 Å². The van der Waals surface area contributed by atoms with Crippen molar-refractivity contribution in [2.24, 2.45) is 5.41 Å². The van der Waals surface area contributed by atoms with E-state index < -0.39 is 5.60 Å². The number of hydrogen-bond acceptors (Lipinski definition) is 4. The molecular formula is C21H30N2O3S. The Morgan fingerprint density at radius 3 is 2.56 bits per heavy atom. The van der Waals surface area contributed by atoms with Gasteiger partial charge in [-0.05, 0) is 59.9 Å². The molecule has 27 heavy (non-hydrogen) atoms. The van der Waals surface area contributed by atoms with E-state index in [2.05, 4.69) is 16.8 Å². The topological polar surface area (TPSA) is 60.9 Å². The standard InChI is InChI=1S/C21H30N2O3S/c1-16(24)23(14-17-4-11-27-15-17)18-12-20(18)7-9-22(10-8-20)19(25)13-21(26)5-2-3-6-21/h4,11,15,18,26H,2-3,5-10,12-14H2,1H3. The first kappa shape index (κ1) is 18.9. The molecule has 1 atom stereocenters. The van der Waals surface area contributed by atoms with Crippen molar-refractivity contribution in [3.05, 3.63) is 22.4 Å². The first-order valence-corrected chi connectivity index (χ1v) is 11.1. The number of likely N-dealkylation sites (tertiary alicyclic amines) is 1. The second-order valence-electron chi connectivity index (χ2n) is 8.85. The molecule has 0 bridgehead atoms. The Labute approximate surface area is 165 Å². The van der Waals surface area contributed by atoms with Crippen molar-refractivity contribution in [1.29, 1.82) is 0 Å². The molecule has 148 valence electrons. The second kappa shape index (κ2) is 7.21. The maximum atomic E-state index is 12.6. The van der Waals surface area contributed by atoms with Crippen molar-refractivity contribution in [3.8, 4) is 0 Å². The lowest BCUT2D eigenvalue weighted by atomic mass is 9.90. The van der Waals surface area contributed by atoms with E-state index in [4.69, 9.17) is 0 Å². The van der Waals surface area contributed by atoms with Gasteiger partial charge in [0.25, 0.3) is 0 Å². The van der Waals surface area contributed by atoms with Crippen LogP contribution in [0.15, 0.2) is 16.8 Å². The van der Waals surface area contributed by atoms with Crippen LogP contribution in [0.4, 0.5) is 0 Å². The van der Waals surface area contributed by atoms with Gasteiger partial charge in [-0.3, -0.25) is 9.59 Å². The SMILES string of the molecule is CC(=O)N(Cc1ccsc1)C1CC12CCN(C(=O)CC1(O)CCCC1)CC2. The predicted molar refractivity (Wildman–Crippen MR) is 105 cm³/mol. The van der Waals surface area contributed by atoms with Crippen LogP contribution in [0.3, 0.4) is 0 Å². The Bertz CT molecular complexity index is 688. The molecular weight excluding hydrogens is 360 g/mol. The van der Waals surface area contributed by atoms with Gasteiger partial charge in [-0.2, -0.15) is 11.3 Å². The molecule has 6 heteroatoms. The number of nitrogens with zero attached hydrogens (tertiary/aromatic N) is 2. The number of rotatable bonds is 5. The lowest BCUT2D eigenvalue weighted by Gasteiger charge is -2.36. The summed E-state index contributed by atoms with van der Waals surface area (Å²) in [6, 6.07) is 2.40. The average molecular weight is 391 g/mol. The summed E-state index contributed by atoms with van der Waals surface area (Å²) in [6.45, 7) is 3.88. The van der Waals surface area contributed by atoms with Crippen LogP contribution in [0, 0.1) is 5.41 Å². The zero-order valence-corrected chi connectivity index (χ0v) is 17.0. The second-order valence-corrected chi connectivity index (χ2v) is 9.63. The van der Waals surface area contributed by atoms with Crippen LogP contribution in [0.25, 0.3) is 0 Å². The number of carbonyl (C=O) groups is 2. The fourth-order valence-corrected chi connectivity index (χ4v) is 5.79. The fourth-order valence-electron chi connectivity index (χ4n) is 5.13. The summed E-state index contributed by atoms with van der Waals surface area (Å²) < 4.78 is 0. The molecule has 0 radical (unpaired) electrons. The quantitative estimate of drug-likeness (QED) is 0.840. The molecule has 3 fully saturated rings. The van der Waals surface area contributed by atoms with Crippen LogP contribution in [0.2, 0.25) is 0 Å². The van der Waals surface area contributed by atoms with Gasteiger partial charge in [0, 0.05) is 32.6 Å². The summed E-state index contributed by atoms with van der Waals surface area (Å²) in [7, 11) is 0. The Hall–Kier alpha value is -1.40. The molecule has 1 N–H and O–H groups in total. The zero-order valence-electron chi connectivity index (χ0n) is 16.2. The lowest BCUT2D eigenvalue weighted by molar-refractivity contribution is -0.138. The van der Waals surface area contributed by atoms with Gasteiger partial charge in [0.15, 0.2) is 0 Å². The van der Waals surface area contributed by atoms with E-state index >= 15 is 0 Å². The molecule has 1 saturated heterocycles. The highest BCUT2D eigenvalue weighted by Gasteiger charge is 2.58. The van der Waals surface area contributed by atoms with E-state index in [-0.39, 0.29) is 23.7 Å². The largest absolute Gasteiger partial charge is 0.389 e. The third kappa shape index (κ3) is 3.92. The molecule has 3 aliphatic rings. The van der Waals surface area contributed by atoms with Crippen LogP contribution < -0.4 is 0 Å². The van der Waals surface area contributed by atoms with Gasteiger partial charge in [0.2, 0.25) is 11.8 Å². The van der Waals surface area contributed by atoms with E-state index in [1.807, 2.05) is 9.80 Å². The molecule has 0 aromatic carbocycles. The summed E-state index contributed by atoms with van der Waals surface area (Å²) in [6.07, 6.45) is 6.84. The van der Waals surface area contributed by atoms with E-state index in [0.29, 0.717) is 12.6 Å². The van der Waals surface area contributed by atoms with Crippen molar-refractivity contribution in [2.75, 3.05) is 13.1 Å². The van der Waals surface area contributed by atoms with E-state index in [0.717, 1.165) is 58.0 Å². The highest BCUT2D eigenvalue weighted by molar-refractivity contribution is 7.07. The summed E-state index contributed by atoms with van der Waals surface area (Å²) in [5.41, 5.74) is 0.637. The minimum atomic E-state index is -0.764. The minimum absolute atomic E-state index is 0.105. The highest BCUT2D eigenvalue weighted by Crippen LogP contribution is 2.57. The van der Waals surface area contributed by atoms with E-state index in [1.165, 1.54) is 5.56 Å². The summed E-state index contributed by atoms with van der Waals surface area (Å²) >= 11 is 1.67. The Kier molecular flexibility index (Phi) is 5.06. The number of amides is 2. The molecule has 1 aromatic rings. The molecule has 2 heterocycles. The molecule has 2 saturated carbocycles. The number of carbonyl (C=O) groups excluding carboxylic acids is 2. The molecule has 1 spiro atoms. The smallest absolute Gasteiger partial charge is 0.225 e. The van der Waals surface area contributed by atoms with Gasteiger partial charge in [0.05, 0.1) is 12.0 Å². The number of hydrogen-bond donors (Lipinski definition) is 1. The van der Waals surface area contributed by atoms with Crippen molar-refractivity contribution >= 4 is 23.2 Å². The maximum absolute atomic E-state index is 12.6. The molecule has 1 aromatic heterocycles. The van der Waals surface area contributed by atoms with Crippen LogP contribution >= 0.6 is 11.3 Å². The summed E-state index contributed by atoms with van der Waals surface area (Å²) in [5, 5.41) is 14.7. The monoisotopic (exact) mass is 390 g/mol. The van der Waals surface area contributed by atoms with Gasteiger partial charge in [0.1, 0.15) is 0 Å². The highest BCUT2D eigenvalue weighted by atomic mass is 32.1. The normalized spacial score (nSPS) is 25.6. The van der Waals surface area contributed by atoms with Crippen molar-refractivity contribution in [2.45, 2.75) is 76.5 Å². The molecule has 2 amide bonds.